The summed E-state index contributed by atoms with van der Waals surface area (Å²) in [7, 11) is 0. The summed E-state index contributed by atoms with van der Waals surface area (Å²) in [6.45, 7) is 0. The molecule has 6 heteroatoms. The molecule has 3 aromatic heterocycles. The smallest absolute Gasteiger partial charge is 0.165 e. The minimum Gasteiger partial charge on any atom is -0.309 e. The fraction of sp³-hybridized carbons (Fsp3) is 0. The number of fused-ring (bicyclic) bond motifs is 6. The van der Waals surface area contributed by atoms with Crippen LogP contribution in [0.3, 0.4) is 0 Å². The predicted octanol–water partition coefficient (Wildman–Crippen LogP) is 14.3. The summed E-state index contributed by atoms with van der Waals surface area (Å²) in [5, 5.41) is 15.5. The van der Waals surface area contributed by atoms with Gasteiger partial charge in [0.25, 0.3) is 0 Å². The van der Waals surface area contributed by atoms with Gasteiger partial charge in [0, 0.05) is 49.6 Å². The number of nitrogens with zero attached hydrogens (tertiary/aromatic N) is 6. The second-order valence-electron chi connectivity index (χ2n) is 16.0. The number of benzene rings is 9. The van der Waals surface area contributed by atoms with Gasteiger partial charge in [0.1, 0.15) is 0 Å². The van der Waals surface area contributed by atoms with Gasteiger partial charge in [-0.05, 0) is 95.1 Å². The molecule has 0 aliphatic heterocycles. The van der Waals surface area contributed by atoms with E-state index in [1.807, 2.05) is 72.8 Å². The lowest BCUT2D eigenvalue weighted by molar-refractivity contribution is 1.07. The van der Waals surface area contributed by atoms with Crippen molar-refractivity contribution in [3.05, 3.63) is 224 Å². The number of para-hydroxylation sites is 3. The third-order valence-electron chi connectivity index (χ3n) is 12.2. The molecule has 0 aliphatic carbocycles. The number of hydrogen-bond donors (Lipinski definition) is 0. The molecule has 0 saturated carbocycles. The molecular weight excluding hydrogens is 781 g/mol. The van der Waals surface area contributed by atoms with Crippen LogP contribution in [0.1, 0.15) is 5.56 Å². The van der Waals surface area contributed by atoms with Gasteiger partial charge in [-0.2, -0.15) is 5.26 Å². The van der Waals surface area contributed by atoms with Crippen molar-refractivity contribution < 1.29 is 0 Å². The summed E-state index contributed by atoms with van der Waals surface area (Å²) in [6, 6.07) is 78.1. The zero-order chi connectivity index (χ0) is 42.6. The van der Waals surface area contributed by atoms with E-state index in [-0.39, 0.29) is 0 Å². The molecule has 64 heavy (non-hydrogen) atoms. The highest BCUT2D eigenvalue weighted by molar-refractivity contribution is 6.12. The Morgan fingerprint density at radius 2 is 0.781 bits per heavy atom. The molecular formula is C58H36N6. The van der Waals surface area contributed by atoms with Crippen molar-refractivity contribution in [2.75, 3.05) is 0 Å². The first-order chi connectivity index (χ1) is 31.7. The van der Waals surface area contributed by atoms with E-state index < -0.39 is 0 Å². The summed E-state index contributed by atoms with van der Waals surface area (Å²) in [5.41, 5.74) is 13.8. The van der Waals surface area contributed by atoms with E-state index >= 15 is 0 Å². The minimum absolute atomic E-state index is 0.438. The Morgan fingerprint density at radius 1 is 0.312 bits per heavy atom. The Hall–Kier alpha value is -8.92. The van der Waals surface area contributed by atoms with Gasteiger partial charge in [0.05, 0.1) is 33.7 Å². The molecule has 0 unspecified atom stereocenters. The van der Waals surface area contributed by atoms with Gasteiger partial charge >= 0.3 is 0 Å². The number of hydrogen-bond acceptors (Lipinski definition) is 4. The largest absolute Gasteiger partial charge is 0.309 e. The predicted molar refractivity (Wildman–Crippen MR) is 260 cm³/mol. The standard InChI is InChI=1S/C58H36N6/c59-37-44-34-46(29-30-47(44)58-61-56(39-17-6-2-7-18-39)60-57(62-58)43-20-14-19-40(33-43)38-15-4-1-5-16-38)64-53-26-13-11-24-49(53)51-36-42(28-32-55(51)64)41-27-31-54-50(35-41)48-23-10-12-25-52(48)63(54)45-21-8-3-9-22-45/h1-36H. The lowest BCUT2D eigenvalue weighted by atomic mass is 10.0. The average Bonchev–Trinajstić information content (AvgIpc) is 3.89. The topological polar surface area (TPSA) is 72.3 Å². The molecule has 298 valence electrons. The Balaban J connectivity index is 0.970. The van der Waals surface area contributed by atoms with E-state index in [0.29, 0.717) is 28.6 Å². The van der Waals surface area contributed by atoms with Crippen molar-refractivity contribution in [3.8, 4) is 73.9 Å². The first kappa shape index (κ1) is 36.9. The monoisotopic (exact) mass is 816 g/mol. The van der Waals surface area contributed by atoms with Crippen molar-refractivity contribution in [3.63, 3.8) is 0 Å². The lowest BCUT2D eigenvalue weighted by Crippen LogP contribution is -2.02. The van der Waals surface area contributed by atoms with Crippen molar-refractivity contribution >= 4 is 43.6 Å². The van der Waals surface area contributed by atoms with Crippen molar-refractivity contribution in [2.24, 2.45) is 0 Å². The molecule has 0 radical (unpaired) electrons. The van der Waals surface area contributed by atoms with Crippen LogP contribution in [0, 0.1) is 11.3 Å². The quantitative estimate of drug-likeness (QED) is 0.161. The van der Waals surface area contributed by atoms with Crippen molar-refractivity contribution in [1.82, 2.24) is 24.1 Å². The highest BCUT2D eigenvalue weighted by atomic mass is 15.0. The highest BCUT2D eigenvalue weighted by Crippen LogP contribution is 2.39. The van der Waals surface area contributed by atoms with Crippen LogP contribution in [0.25, 0.3) is 111 Å². The van der Waals surface area contributed by atoms with E-state index in [1.165, 1.54) is 21.8 Å². The third-order valence-corrected chi connectivity index (χ3v) is 12.2. The van der Waals surface area contributed by atoms with E-state index in [0.717, 1.165) is 66.6 Å². The van der Waals surface area contributed by atoms with Crippen LogP contribution in [0.4, 0.5) is 0 Å². The first-order valence-corrected chi connectivity index (χ1v) is 21.3. The van der Waals surface area contributed by atoms with Gasteiger partial charge in [-0.15, -0.1) is 0 Å². The molecule has 0 fully saturated rings. The Bertz CT molecular complexity index is 3790. The van der Waals surface area contributed by atoms with E-state index in [2.05, 4.69) is 161 Å². The van der Waals surface area contributed by atoms with Crippen LogP contribution in [0.5, 0.6) is 0 Å². The molecule has 9 aromatic carbocycles. The molecule has 0 spiro atoms. The fourth-order valence-electron chi connectivity index (χ4n) is 9.21. The van der Waals surface area contributed by atoms with Gasteiger partial charge in [-0.3, -0.25) is 0 Å². The maximum absolute atomic E-state index is 10.8. The SMILES string of the molecule is N#Cc1cc(-n2c3ccccc3c3cc(-c4ccc5c(c4)c4ccccc4n5-c4ccccc4)ccc32)ccc1-c1nc(-c2ccccc2)nc(-c2cccc(-c3ccccc3)c2)n1. The fourth-order valence-corrected chi connectivity index (χ4v) is 9.21. The van der Waals surface area contributed by atoms with Gasteiger partial charge in [0.2, 0.25) is 0 Å². The second-order valence-corrected chi connectivity index (χ2v) is 16.0. The van der Waals surface area contributed by atoms with E-state index in [1.54, 1.807) is 0 Å². The maximum Gasteiger partial charge on any atom is 0.165 e. The van der Waals surface area contributed by atoms with Gasteiger partial charge in [-0.1, -0.05) is 146 Å². The van der Waals surface area contributed by atoms with Gasteiger partial charge < -0.3 is 9.13 Å². The average molecular weight is 817 g/mol. The Labute approximate surface area is 369 Å². The number of rotatable bonds is 7. The van der Waals surface area contributed by atoms with E-state index in [9.17, 15) is 5.26 Å². The zero-order valence-electron chi connectivity index (χ0n) is 34.5. The van der Waals surface area contributed by atoms with Crippen LogP contribution in [-0.4, -0.2) is 24.1 Å². The van der Waals surface area contributed by atoms with E-state index in [4.69, 9.17) is 15.0 Å². The highest BCUT2D eigenvalue weighted by Gasteiger charge is 2.19. The van der Waals surface area contributed by atoms with Crippen LogP contribution in [0.15, 0.2) is 218 Å². The van der Waals surface area contributed by atoms with Crippen LogP contribution >= 0.6 is 0 Å². The number of nitriles is 1. The molecule has 0 N–H and O–H groups in total. The number of aromatic nitrogens is 5. The molecule has 12 rings (SSSR count). The molecule has 0 amide bonds. The van der Waals surface area contributed by atoms with Crippen molar-refractivity contribution in [1.29, 1.82) is 5.26 Å². The molecule has 0 atom stereocenters. The molecule has 0 aliphatic rings. The second kappa shape index (κ2) is 15.2. The summed E-state index contributed by atoms with van der Waals surface area (Å²) in [6.07, 6.45) is 0. The van der Waals surface area contributed by atoms with Crippen LogP contribution < -0.4 is 0 Å². The van der Waals surface area contributed by atoms with Gasteiger partial charge in [-0.25, -0.2) is 15.0 Å². The summed E-state index contributed by atoms with van der Waals surface area (Å²) >= 11 is 0. The molecule has 12 aromatic rings. The molecule has 3 heterocycles. The zero-order valence-corrected chi connectivity index (χ0v) is 34.5. The van der Waals surface area contributed by atoms with Crippen molar-refractivity contribution in [2.45, 2.75) is 0 Å². The summed E-state index contributed by atoms with van der Waals surface area (Å²) in [4.78, 5) is 15.0. The first-order valence-electron chi connectivity index (χ1n) is 21.3. The summed E-state index contributed by atoms with van der Waals surface area (Å²) < 4.78 is 4.60. The molecule has 0 saturated heterocycles. The van der Waals surface area contributed by atoms with Crippen LogP contribution in [0.2, 0.25) is 0 Å². The molecule has 0 bridgehead atoms. The third kappa shape index (κ3) is 6.22. The Morgan fingerprint density at radius 3 is 1.41 bits per heavy atom. The van der Waals surface area contributed by atoms with Crippen LogP contribution in [-0.2, 0) is 0 Å². The molecule has 6 nitrogen and oxygen atoms in total. The lowest BCUT2D eigenvalue weighted by Gasteiger charge is -2.13. The van der Waals surface area contributed by atoms with Gasteiger partial charge in [0.15, 0.2) is 17.5 Å². The normalized spacial score (nSPS) is 11.4. The summed E-state index contributed by atoms with van der Waals surface area (Å²) in [5.74, 6) is 1.51. The Kier molecular flexibility index (Phi) is 8.77. The maximum atomic E-state index is 10.8. The minimum atomic E-state index is 0.438.